The number of fused-ring (bicyclic) bond motifs is 1. The van der Waals surface area contributed by atoms with Gasteiger partial charge in [-0.25, -0.2) is 0 Å². The average molecular weight is 340 g/mol. The van der Waals surface area contributed by atoms with Crippen LogP contribution in [0.4, 0.5) is 11.4 Å². The van der Waals surface area contributed by atoms with Crippen LogP contribution in [0.1, 0.15) is 30.1 Å². The molecule has 130 valence electrons. The number of amides is 2. The van der Waals surface area contributed by atoms with E-state index in [-0.39, 0.29) is 18.4 Å². The first kappa shape index (κ1) is 16.8. The molecule has 0 aromatic heterocycles. The van der Waals surface area contributed by atoms with E-state index in [0.29, 0.717) is 29.3 Å². The molecule has 0 unspecified atom stereocenters. The monoisotopic (exact) mass is 340 g/mol. The molecule has 0 spiro atoms. The van der Waals surface area contributed by atoms with Crippen LogP contribution in [0.2, 0.25) is 0 Å². The maximum atomic E-state index is 12.4. The molecule has 2 aromatic carbocycles. The van der Waals surface area contributed by atoms with E-state index < -0.39 is 0 Å². The average Bonchev–Trinajstić information content (AvgIpc) is 2.62. The Kier molecular flexibility index (Phi) is 5.18. The topological polar surface area (TPSA) is 76.7 Å². The van der Waals surface area contributed by atoms with E-state index in [9.17, 15) is 9.59 Å². The van der Waals surface area contributed by atoms with Gasteiger partial charge in [-0.05, 0) is 48.9 Å². The third kappa shape index (κ3) is 4.29. The minimum atomic E-state index is -0.262. The molecule has 1 aliphatic heterocycles. The summed E-state index contributed by atoms with van der Waals surface area (Å²) < 4.78 is 10.9. The van der Waals surface area contributed by atoms with Crippen molar-refractivity contribution in [1.29, 1.82) is 0 Å². The second-order valence-electron chi connectivity index (χ2n) is 5.73. The molecule has 6 nitrogen and oxygen atoms in total. The molecule has 0 radical (unpaired) electrons. The lowest BCUT2D eigenvalue weighted by molar-refractivity contribution is -0.118. The van der Waals surface area contributed by atoms with Gasteiger partial charge in [0.15, 0.2) is 6.61 Å². The summed E-state index contributed by atoms with van der Waals surface area (Å²) in [6.07, 6.45) is 2.09. The number of hydrogen-bond acceptors (Lipinski definition) is 4. The number of carbonyl (C=O) groups is 2. The summed E-state index contributed by atoms with van der Waals surface area (Å²) >= 11 is 0. The van der Waals surface area contributed by atoms with Crippen LogP contribution in [0.5, 0.6) is 11.5 Å². The third-order valence-corrected chi connectivity index (χ3v) is 3.75. The Bertz CT molecular complexity index is 771. The zero-order chi connectivity index (χ0) is 17.6. The molecule has 0 aliphatic carbocycles. The SMILES string of the molecule is CCCCOc1ccc(NC(=O)c2ccc3c(c2)NC(=O)CO3)cc1. The van der Waals surface area contributed by atoms with Crippen molar-refractivity contribution in [3.63, 3.8) is 0 Å². The highest BCUT2D eigenvalue weighted by molar-refractivity contribution is 6.06. The van der Waals surface area contributed by atoms with Crippen molar-refractivity contribution in [1.82, 2.24) is 0 Å². The van der Waals surface area contributed by atoms with E-state index in [1.807, 2.05) is 12.1 Å². The predicted octanol–water partition coefficient (Wildman–Crippen LogP) is 3.45. The molecule has 25 heavy (non-hydrogen) atoms. The minimum Gasteiger partial charge on any atom is -0.494 e. The molecule has 0 atom stereocenters. The van der Waals surface area contributed by atoms with Gasteiger partial charge in [0.25, 0.3) is 11.8 Å². The fourth-order valence-corrected chi connectivity index (χ4v) is 2.40. The first-order valence-corrected chi connectivity index (χ1v) is 8.26. The smallest absolute Gasteiger partial charge is 0.262 e. The molecule has 1 heterocycles. The lowest BCUT2D eigenvalue weighted by Gasteiger charge is -2.18. The van der Waals surface area contributed by atoms with Crippen LogP contribution in [0.3, 0.4) is 0 Å². The normalized spacial score (nSPS) is 12.6. The van der Waals surface area contributed by atoms with E-state index in [4.69, 9.17) is 9.47 Å². The Morgan fingerprint density at radius 2 is 2.04 bits per heavy atom. The van der Waals surface area contributed by atoms with Crippen LogP contribution in [-0.4, -0.2) is 25.0 Å². The molecule has 2 aromatic rings. The predicted molar refractivity (Wildman–Crippen MR) is 95.4 cm³/mol. The van der Waals surface area contributed by atoms with Gasteiger partial charge in [0.05, 0.1) is 12.3 Å². The van der Waals surface area contributed by atoms with Crippen molar-refractivity contribution in [2.24, 2.45) is 0 Å². The van der Waals surface area contributed by atoms with E-state index in [0.717, 1.165) is 18.6 Å². The first-order valence-electron chi connectivity index (χ1n) is 8.26. The molecular formula is C19H20N2O4. The molecule has 3 rings (SSSR count). The quantitative estimate of drug-likeness (QED) is 0.790. The van der Waals surface area contributed by atoms with Gasteiger partial charge in [-0.15, -0.1) is 0 Å². The largest absolute Gasteiger partial charge is 0.494 e. The van der Waals surface area contributed by atoms with Gasteiger partial charge in [-0.3, -0.25) is 9.59 Å². The highest BCUT2D eigenvalue weighted by Crippen LogP contribution is 2.28. The Labute approximate surface area is 146 Å². The summed E-state index contributed by atoms with van der Waals surface area (Å²) in [6, 6.07) is 12.2. The van der Waals surface area contributed by atoms with E-state index in [1.165, 1.54) is 0 Å². The fourth-order valence-electron chi connectivity index (χ4n) is 2.40. The van der Waals surface area contributed by atoms with Gasteiger partial charge in [-0.1, -0.05) is 13.3 Å². The number of anilines is 2. The summed E-state index contributed by atoms with van der Waals surface area (Å²) in [5, 5.41) is 5.51. The number of ether oxygens (including phenoxy) is 2. The summed E-state index contributed by atoms with van der Waals surface area (Å²) in [5.74, 6) is 0.843. The van der Waals surface area contributed by atoms with Gasteiger partial charge in [0.2, 0.25) is 0 Å². The van der Waals surface area contributed by atoms with E-state index >= 15 is 0 Å². The molecule has 0 fully saturated rings. The number of benzene rings is 2. The van der Waals surface area contributed by atoms with Crippen LogP contribution in [-0.2, 0) is 4.79 Å². The Hall–Kier alpha value is -3.02. The first-order chi connectivity index (χ1) is 12.2. The zero-order valence-corrected chi connectivity index (χ0v) is 14.0. The lowest BCUT2D eigenvalue weighted by atomic mass is 10.1. The molecular weight excluding hydrogens is 320 g/mol. The van der Waals surface area contributed by atoms with Gasteiger partial charge in [0, 0.05) is 11.3 Å². The van der Waals surface area contributed by atoms with Crippen molar-refractivity contribution in [2.75, 3.05) is 23.8 Å². The van der Waals surface area contributed by atoms with Gasteiger partial charge < -0.3 is 20.1 Å². The standard InChI is InChI=1S/C19H20N2O4/c1-2-3-10-24-15-7-5-14(6-8-15)20-19(23)13-4-9-17-16(11-13)21-18(22)12-25-17/h4-9,11H,2-3,10,12H2,1H3,(H,20,23)(H,21,22). The second kappa shape index (κ2) is 7.70. The number of hydrogen-bond donors (Lipinski definition) is 2. The van der Waals surface area contributed by atoms with E-state index in [2.05, 4.69) is 17.6 Å². The molecule has 6 heteroatoms. The van der Waals surface area contributed by atoms with Crippen molar-refractivity contribution in [3.05, 3.63) is 48.0 Å². The zero-order valence-electron chi connectivity index (χ0n) is 14.0. The Morgan fingerprint density at radius 1 is 1.24 bits per heavy atom. The van der Waals surface area contributed by atoms with Gasteiger partial charge in [0.1, 0.15) is 11.5 Å². The summed E-state index contributed by atoms with van der Waals surface area (Å²) in [5.41, 5.74) is 1.61. The molecule has 2 amide bonds. The van der Waals surface area contributed by atoms with Crippen molar-refractivity contribution in [2.45, 2.75) is 19.8 Å². The van der Waals surface area contributed by atoms with Crippen LogP contribution in [0.25, 0.3) is 0 Å². The van der Waals surface area contributed by atoms with Crippen LogP contribution in [0.15, 0.2) is 42.5 Å². The summed E-state index contributed by atoms with van der Waals surface area (Å²) in [4.78, 5) is 23.8. The Morgan fingerprint density at radius 3 is 2.80 bits per heavy atom. The van der Waals surface area contributed by atoms with Crippen LogP contribution >= 0.6 is 0 Å². The summed E-state index contributed by atoms with van der Waals surface area (Å²) in [7, 11) is 0. The minimum absolute atomic E-state index is 0.00871. The maximum absolute atomic E-state index is 12.4. The molecule has 0 saturated carbocycles. The van der Waals surface area contributed by atoms with Crippen LogP contribution in [0, 0.1) is 0 Å². The second-order valence-corrected chi connectivity index (χ2v) is 5.73. The van der Waals surface area contributed by atoms with Gasteiger partial charge >= 0.3 is 0 Å². The van der Waals surface area contributed by atoms with E-state index in [1.54, 1.807) is 30.3 Å². The summed E-state index contributed by atoms with van der Waals surface area (Å²) in [6.45, 7) is 2.79. The highest BCUT2D eigenvalue weighted by Gasteiger charge is 2.17. The molecule has 2 N–H and O–H groups in total. The lowest BCUT2D eigenvalue weighted by Crippen LogP contribution is -2.25. The van der Waals surface area contributed by atoms with Crippen molar-refractivity contribution < 1.29 is 19.1 Å². The highest BCUT2D eigenvalue weighted by atomic mass is 16.5. The van der Waals surface area contributed by atoms with Gasteiger partial charge in [-0.2, -0.15) is 0 Å². The fraction of sp³-hybridized carbons (Fsp3) is 0.263. The molecule has 0 saturated heterocycles. The molecule has 0 bridgehead atoms. The number of carbonyl (C=O) groups excluding carboxylic acids is 2. The maximum Gasteiger partial charge on any atom is 0.262 e. The number of unbranched alkanes of at least 4 members (excludes halogenated alkanes) is 1. The van der Waals surface area contributed by atoms with Crippen molar-refractivity contribution in [3.8, 4) is 11.5 Å². The number of nitrogens with one attached hydrogen (secondary N) is 2. The van der Waals surface area contributed by atoms with Crippen LogP contribution < -0.4 is 20.1 Å². The molecule has 1 aliphatic rings. The Balaban J connectivity index is 1.64. The third-order valence-electron chi connectivity index (χ3n) is 3.75. The number of rotatable bonds is 6. The van der Waals surface area contributed by atoms with Crippen molar-refractivity contribution >= 4 is 23.2 Å².